The van der Waals surface area contributed by atoms with E-state index >= 15 is 0 Å². The first kappa shape index (κ1) is 16.9. The Morgan fingerprint density at radius 3 is 2.38 bits per heavy atom. The molecule has 2 amide bonds. The number of benzene rings is 1. The van der Waals surface area contributed by atoms with Gasteiger partial charge >= 0.3 is 0 Å². The Labute approximate surface area is 141 Å². The quantitative estimate of drug-likeness (QED) is 0.879. The highest BCUT2D eigenvalue weighted by Crippen LogP contribution is 2.21. The average molecular weight is 333 g/mol. The minimum Gasteiger partial charge on any atom is -0.341 e. The van der Waals surface area contributed by atoms with Crippen molar-refractivity contribution in [1.29, 1.82) is 0 Å². The Balaban J connectivity index is 1.74. The molecule has 2 heterocycles. The van der Waals surface area contributed by atoms with Crippen LogP contribution in [0.2, 0.25) is 0 Å². The van der Waals surface area contributed by atoms with E-state index in [2.05, 4.69) is 10.6 Å². The van der Waals surface area contributed by atoms with Gasteiger partial charge in [-0.25, -0.2) is 4.39 Å². The van der Waals surface area contributed by atoms with Crippen molar-refractivity contribution in [1.82, 2.24) is 15.5 Å². The van der Waals surface area contributed by atoms with Crippen molar-refractivity contribution in [2.24, 2.45) is 5.92 Å². The number of nitrogens with zero attached hydrogens (tertiary/aromatic N) is 1. The van der Waals surface area contributed by atoms with Crippen molar-refractivity contribution >= 4 is 11.8 Å². The van der Waals surface area contributed by atoms with E-state index < -0.39 is 6.04 Å². The molecule has 0 radical (unpaired) electrons. The largest absolute Gasteiger partial charge is 0.341 e. The van der Waals surface area contributed by atoms with Gasteiger partial charge in [-0.05, 0) is 69.0 Å². The highest BCUT2D eigenvalue weighted by Gasteiger charge is 2.34. The Bertz CT molecular complexity index is 578. The number of hydrogen-bond acceptors (Lipinski definition) is 3. The maximum atomic E-state index is 13.0. The molecule has 130 valence electrons. The maximum Gasteiger partial charge on any atom is 0.251 e. The maximum absolute atomic E-state index is 13.0. The molecule has 2 saturated heterocycles. The van der Waals surface area contributed by atoms with E-state index in [0.717, 1.165) is 51.9 Å². The number of piperidine rings is 1. The summed E-state index contributed by atoms with van der Waals surface area (Å²) >= 11 is 0. The second-order valence-electron chi connectivity index (χ2n) is 6.58. The summed E-state index contributed by atoms with van der Waals surface area (Å²) in [4.78, 5) is 27.3. The molecule has 2 fully saturated rings. The minimum absolute atomic E-state index is 0.0230. The fourth-order valence-corrected chi connectivity index (χ4v) is 3.52. The van der Waals surface area contributed by atoms with Gasteiger partial charge in [-0.3, -0.25) is 9.59 Å². The summed E-state index contributed by atoms with van der Waals surface area (Å²) in [6.07, 6.45) is 3.79. The molecule has 1 aromatic carbocycles. The number of carbonyl (C=O) groups is 2. The van der Waals surface area contributed by atoms with E-state index in [0.29, 0.717) is 5.56 Å². The monoisotopic (exact) mass is 333 g/mol. The highest BCUT2D eigenvalue weighted by atomic mass is 19.1. The van der Waals surface area contributed by atoms with Gasteiger partial charge in [-0.1, -0.05) is 0 Å². The minimum atomic E-state index is -0.497. The Kier molecular flexibility index (Phi) is 5.45. The number of hydrogen-bond donors (Lipinski definition) is 2. The number of nitrogens with one attached hydrogen (secondary N) is 2. The van der Waals surface area contributed by atoms with Gasteiger partial charge in [0, 0.05) is 18.7 Å². The third kappa shape index (κ3) is 3.93. The molecule has 2 N–H and O–H groups in total. The van der Waals surface area contributed by atoms with Crippen LogP contribution in [0.15, 0.2) is 24.3 Å². The molecule has 0 aromatic heterocycles. The number of halogens is 1. The Hall–Kier alpha value is -1.95. The molecule has 24 heavy (non-hydrogen) atoms. The summed E-state index contributed by atoms with van der Waals surface area (Å²) in [5.74, 6) is -0.528. The summed E-state index contributed by atoms with van der Waals surface area (Å²) in [5, 5.41) is 6.21. The first-order valence-electron chi connectivity index (χ1n) is 8.71. The number of carbonyl (C=O) groups excluding carboxylic acids is 2. The van der Waals surface area contributed by atoms with Crippen LogP contribution in [0.3, 0.4) is 0 Å². The molecule has 2 aliphatic heterocycles. The van der Waals surface area contributed by atoms with Gasteiger partial charge in [-0.15, -0.1) is 0 Å². The second kappa shape index (κ2) is 7.75. The molecule has 1 atom stereocenters. The van der Waals surface area contributed by atoms with Crippen LogP contribution in [0.1, 0.15) is 36.0 Å². The van der Waals surface area contributed by atoms with Gasteiger partial charge in [0.05, 0.1) is 0 Å². The SMILES string of the molecule is O=C(NC(C(=O)N1CCCC1)C1CCNCC1)c1ccc(F)cc1. The zero-order chi connectivity index (χ0) is 16.9. The molecule has 0 bridgehead atoms. The van der Waals surface area contributed by atoms with Crippen LogP contribution >= 0.6 is 0 Å². The highest BCUT2D eigenvalue weighted by molar-refractivity contribution is 5.97. The Morgan fingerprint density at radius 1 is 1.12 bits per heavy atom. The van der Waals surface area contributed by atoms with Crippen molar-refractivity contribution in [3.05, 3.63) is 35.6 Å². The van der Waals surface area contributed by atoms with Crippen molar-refractivity contribution in [3.8, 4) is 0 Å². The van der Waals surface area contributed by atoms with Crippen LogP contribution in [0.5, 0.6) is 0 Å². The molecule has 1 unspecified atom stereocenters. The van der Waals surface area contributed by atoms with Gasteiger partial charge in [0.2, 0.25) is 5.91 Å². The Morgan fingerprint density at radius 2 is 1.75 bits per heavy atom. The summed E-state index contributed by atoms with van der Waals surface area (Å²) in [7, 11) is 0. The lowest BCUT2D eigenvalue weighted by Crippen LogP contribution is -2.53. The van der Waals surface area contributed by atoms with E-state index in [1.807, 2.05) is 4.90 Å². The predicted octanol–water partition coefficient (Wildman–Crippen LogP) is 1.55. The zero-order valence-corrected chi connectivity index (χ0v) is 13.8. The second-order valence-corrected chi connectivity index (χ2v) is 6.58. The van der Waals surface area contributed by atoms with Gasteiger partial charge in [0.1, 0.15) is 11.9 Å². The van der Waals surface area contributed by atoms with E-state index in [9.17, 15) is 14.0 Å². The molecule has 0 spiro atoms. The molecule has 0 aliphatic carbocycles. The van der Waals surface area contributed by atoms with Gasteiger partial charge in [-0.2, -0.15) is 0 Å². The average Bonchev–Trinajstić information content (AvgIpc) is 3.15. The molecule has 1 aromatic rings. The summed E-state index contributed by atoms with van der Waals surface area (Å²) in [6, 6.07) is 4.92. The molecule has 5 nitrogen and oxygen atoms in total. The van der Waals surface area contributed by atoms with E-state index in [1.165, 1.54) is 24.3 Å². The van der Waals surface area contributed by atoms with Gasteiger partial charge in [0.15, 0.2) is 0 Å². The third-order valence-electron chi connectivity index (χ3n) is 4.93. The van der Waals surface area contributed by atoms with Crippen LogP contribution in [0.4, 0.5) is 4.39 Å². The fraction of sp³-hybridized carbons (Fsp3) is 0.556. The number of amides is 2. The van der Waals surface area contributed by atoms with Crippen LogP contribution in [-0.2, 0) is 4.79 Å². The normalized spacial score (nSPS) is 20.0. The van der Waals surface area contributed by atoms with E-state index in [1.54, 1.807) is 0 Å². The third-order valence-corrected chi connectivity index (χ3v) is 4.93. The molecule has 3 rings (SSSR count). The standard InChI is InChI=1S/C18H24FN3O2/c19-15-5-3-14(4-6-15)17(23)21-16(13-7-9-20-10-8-13)18(24)22-11-1-2-12-22/h3-6,13,16,20H,1-2,7-12H2,(H,21,23). The molecule has 6 heteroatoms. The molecular weight excluding hydrogens is 309 g/mol. The van der Waals surface area contributed by atoms with Crippen LogP contribution in [0.25, 0.3) is 0 Å². The van der Waals surface area contributed by atoms with Gasteiger partial charge < -0.3 is 15.5 Å². The van der Waals surface area contributed by atoms with Gasteiger partial charge in [0.25, 0.3) is 5.91 Å². The molecule has 0 saturated carbocycles. The van der Waals surface area contributed by atoms with Crippen molar-refractivity contribution in [2.45, 2.75) is 31.7 Å². The van der Waals surface area contributed by atoms with Crippen molar-refractivity contribution in [2.75, 3.05) is 26.2 Å². The first-order chi connectivity index (χ1) is 11.6. The predicted molar refractivity (Wildman–Crippen MR) is 89.1 cm³/mol. The topological polar surface area (TPSA) is 61.4 Å². The van der Waals surface area contributed by atoms with Crippen molar-refractivity contribution in [3.63, 3.8) is 0 Å². The van der Waals surface area contributed by atoms with E-state index in [4.69, 9.17) is 0 Å². The van der Waals surface area contributed by atoms with Crippen LogP contribution < -0.4 is 10.6 Å². The number of rotatable bonds is 4. The summed E-state index contributed by atoms with van der Waals surface area (Å²) in [5.41, 5.74) is 0.379. The zero-order valence-electron chi connectivity index (χ0n) is 13.8. The van der Waals surface area contributed by atoms with Crippen molar-refractivity contribution < 1.29 is 14.0 Å². The lowest BCUT2D eigenvalue weighted by molar-refractivity contribution is -0.133. The summed E-state index contributed by atoms with van der Waals surface area (Å²) in [6.45, 7) is 3.27. The van der Waals surface area contributed by atoms with Crippen LogP contribution in [-0.4, -0.2) is 48.9 Å². The van der Waals surface area contributed by atoms with Crippen LogP contribution in [0, 0.1) is 11.7 Å². The van der Waals surface area contributed by atoms with E-state index in [-0.39, 0.29) is 23.5 Å². The number of likely N-dealkylation sites (tertiary alicyclic amines) is 1. The molecule has 2 aliphatic rings. The lowest BCUT2D eigenvalue weighted by Gasteiger charge is -2.33. The molecular formula is C18H24FN3O2. The fourth-order valence-electron chi connectivity index (χ4n) is 3.52. The summed E-state index contributed by atoms with van der Waals surface area (Å²) < 4.78 is 13.0. The lowest BCUT2D eigenvalue weighted by atomic mass is 9.89. The first-order valence-corrected chi connectivity index (χ1v) is 8.71. The smallest absolute Gasteiger partial charge is 0.251 e.